The molecule has 1 saturated heterocycles. The second-order valence-electron chi connectivity index (χ2n) is 7.79. The van der Waals surface area contributed by atoms with Gasteiger partial charge >= 0.3 is 0 Å². The van der Waals surface area contributed by atoms with E-state index >= 15 is 0 Å². The molecule has 5 heteroatoms. The van der Waals surface area contributed by atoms with Gasteiger partial charge in [0.1, 0.15) is 11.7 Å². The summed E-state index contributed by atoms with van der Waals surface area (Å²) in [7, 11) is 1.69. The van der Waals surface area contributed by atoms with Crippen LogP contribution in [0.25, 0.3) is 21.7 Å². The van der Waals surface area contributed by atoms with Crippen molar-refractivity contribution in [2.75, 3.05) is 46.4 Å². The second kappa shape index (κ2) is 10.6. The Labute approximate surface area is 188 Å². The third-order valence-electron chi connectivity index (χ3n) is 5.86. The van der Waals surface area contributed by atoms with Crippen LogP contribution >= 0.6 is 11.3 Å². The number of ether oxygens (including phenoxy) is 1. The first-order valence-corrected chi connectivity index (χ1v) is 11.6. The Morgan fingerprint density at radius 1 is 1.06 bits per heavy atom. The summed E-state index contributed by atoms with van der Waals surface area (Å²) in [6, 6.07) is 16.4. The van der Waals surface area contributed by atoms with Gasteiger partial charge in [-0.2, -0.15) is 0 Å². The Morgan fingerprint density at radius 2 is 1.81 bits per heavy atom. The lowest BCUT2D eigenvalue weighted by Gasteiger charge is -2.34. The minimum Gasteiger partial charge on any atom is -0.497 e. The fourth-order valence-corrected chi connectivity index (χ4v) is 4.95. The molecule has 2 heterocycles. The molecule has 2 aromatic carbocycles. The molecular weight excluding hydrogens is 404 g/mol. The topological polar surface area (TPSA) is 32.8 Å². The van der Waals surface area contributed by atoms with Crippen molar-refractivity contribution in [1.82, 2.24) is 9.80 Å². The summed E-state index contributed by atoms with van der Waals surface area (Å²) in [6.07, 6.45) is 5.14. The standard InChI is InChI=1S/C26H28N2O2S/c1-30-23-10-8-21(9-11-23)5-4-13-27-15-17-28(18-16-27)14-12-22(19-29)25-20-31-26-7-3-2-6-24(25)26/h2-11,20H,12-18H2,1H3. The van der Waals surface area contributed by atoms with Crippen LogP contribution in [0.3, 0.4) is 0 Å². The van der Waals surface area contributed by atoms with Crippen molar-refractivity contribution in [1.29, 1.82) is 0 Å². The Balaban J connectivity index is 1.23. The third-order valence-corrected chi connectivity index (χ3v) is 6.83. The molecule has 0 radical (unpaired) electrons. The quantitative estimate of drug-likeness (QED) is 0.477. The van der Waals surface area contributed by atoms with Gasteiger partial charge in [0.05, 0.1) is 7.11 Å². The van der Waals surface area contributed by atoms with Crippen molar-refractivity contribution in [2.24, 2.45) is 0 Å². The van der Waals surface area contributed by atoms with E-state index in [4.69, 9.17) is 4.74 Å². The molecule has 0 spiro atoms. The van der Waals surface area contributed by atoms with Crippen molar-refractivity contribution in [3.05, 3.63) is 71.1 Å². The fraction of sp³-hybridized carbons (Fsp3) is 0.308. The highest BCUT2D eigenvalue weighted by molar-refractivity contribution is 7.17. The first kappa shape index (κ1) is 21.5. The third kappa shape index (κ3) is 5.52. The molecule has 0 unspecified atom stereocenters. The van der Waals surface area contributed by atoms with E-state index < -0.39 is 0 Å². The predicted octanol–water partition coefficient (Wildman–Crippen LogP) is 4.85. The number of thiophene rings is 1. The van der Waals surface area contributed by atoms with Crippen molar-refractivity contribution in [2.45, 2.75) is 6.42 Å². The molecule has 1 aliphatic heterocycles. The van der Waals surface area contributed by atoms with E-state index in [0.717, 1.165) is 62.6 Å². The monoisotopic (exact) mass is 432 g/mol. The highest BCUT2D eigenvalue weighted by atomic mass is 32.1. The molecule has 0 saturated carbocycles. The van der Waals surface area contributed by atoms with Crippen molar-refractivity contribution >= 4 is 39.0 Å². The summed E-state index contributed by atoms with van der Waals surface area (Å²) in [5, 5.41) is 3.26. The van der Waals surface area contributed by atoms with Gasteiger partial charge in [0.15, 0.2) is 0 Å². The number of methoxy groups -OCH3 is 1. The predicted molar refractivity (Wildman–Crippen MR) is 130 cm³/mol. The summed E-state index contributed by atoms with van der Waals surface area (Å²) in [5.74, 6) is 3.10. The van der Waals surface area contributed by atoms with Crippen LogP contribution in [0.4, 0.5) is 0 Å². The van der Waals surface area contributed by atoms with Crippen LogP contribution in [-0.4, -0.2) is 62.1 Å². The first-order valence-electron chi connectivity index (χ1n) is 10.7. The highest BCUT2D eigenvalue weighted by Crippen LogP contribution is 2.31. The number of hydrogen-bond acceptors (Lipinski definition) is 5. The van der Waals surface area contributed by atoms with Crippen molar-refractivity contribution in [3.8, 4) is 5.75 Å². The largest absolute Gasteiger partial charge is 0.497 e. The summed E-state index contributed by atoms with van der Waals surface area (Å²) < 4.78 is 6.42. The van der Waals surface area contributed by atoms with E-state index in [-0.39, 0.29) is 0 Å². The molecule has 1 aliphatic rings. The van der Waals surface area contributed by atoms with E-state index in [1.807, 2.05) is 24.3 Å². The number of nitrogens with zero attached hydrogens (tertiary/aromatic N) is 2. The van der Waals surface area contributed by atoms with E-state index in [9.17, 15) is 4.79 Å². The molecule has 1 aromatic heterocycles. The van der Waals surface area contributed by atoms with Gasteiger partial charge in [0, 0.05) is 65.9 Å². The highest BCUT2D eigenvalue weighted by Gasteiger charge is 2.17. The zero-order valence-electron chi connectivity index (χ0n) is 17.9. The van der Waals surface area contributed by atoms with Gasteiger partial charge in [0.25, 0.3) is 0 Å². The van der Waals surface area contributed by atoms with Crippen LogP contribution < -0.4 is 4.74 Å². The van der Waals surface area contributed by atoms with Crippen molar-refractivity contribution < 1.29 is 9.53 Å². The van der Waals surface area contributed by atoms with E-state index in [2.05, 4.69) is 57.5 Å². The van der Waals surface area contributed by atoms with Crippen LogP contribution in [0.1, 0.15) is 17.5 Å². The van der Waals surface area contributed by atoms with E-state index in [0.29, 0.717) is 0 Å². The molecule has 4 rings (SSSR count). The SMILES string of the molecule is COc1ccc(C=CCN2CCN(CCC(=C=O)c3csc4ccccc34)CC2)cc1. The molecule has 160 valence electrons. The van der Waals surface area contributed by atoms with Gasteiger partial charge in [-0.05, 0) is 30.2 Å². The van der Waals surface area contributed by atoms with Crippen LogP contribution in [-0.2, 0) is 4.79 Å². The molecule has 0 bridgehead atoms. The molecule has 4 nitrogen and oxygen atoms in total. The number of benzene rings is 2. The van der Waals surface area contributed by atoms with Gasteiger partial charge in [0.2, 0.25) is 0 Å². The van der Waals surface area contributed by atoms with Gasteiger partial charge in [-0.3, -0.25) is 4.90 Å². The molecule has 3 aromatic rings. The van der Waals surface area contributed by atoms with Crippen LogP contribution in [0.5, 0.6) is 5.75 Å². The van der Waals surface area contributed by atoms with Gasteiger partial charge in [-0.15, -0.1) is 11.3 Å². The number of fused-ring (bicyclic) bond motifs is 1. The number of hydrogen-bond donors (Lipinski definition) is 0. The Kier molecular flexibility index (Phi) is 7.34. The summed E-state index contributed by atoms with van der Waals surface area (Å²) >= 11 is 1.69. The smallest absolute Gasteiger partial charge is 0.128 e. The maximum Gasteiger partial charge on any atom is 0.128 e. The van der Waals surface area contributed by atoms with E-state index in [1.54, 1.807) is 18.4 Å². The van der Waals surface area contributed by atoms with Gasteiger partial charge in [-0.25, -0.2) is 4.79 Å². The summed E-state index contributed by atoms with van der Waals surface area (Å²) in [5.41, 5.74) is 3.04. The lowest BCUT2D eigenvalue weighted by Crippen LogP contribution is -2.46. The molecule has 31 heavy (non-hydrogen) atoms. The summed E-state index contributed by atoms with van der Waals surface area (Å²) in [4.78, 5) is 16.6. The Morgan fingerprint density at radius 3 is 2.55 bits per heavy atom. The number of carbonyl (C=O) groups excluding carboxylic acids is 1. The molecule has 0 atom stereocenters. The molecule has 0 N–H and O–H groups in total. The first-order chi connectivity index (χ1) is 15.3. The number of rotatable bonds is 8. The average molecular weight is 433 g/mol. The van der Waals surface area contributed by atoms with Crippen LogP contribution in [0.15, 0.2) is 60.0 Å². The van der Waals surface area contributed by atoms with Gasteiger partial charge in [-0.1, -0.05) is 42.5 Å². The minimum atomic E-state index is 0.752. The molecule has 0 amide bonds. The lowest BCUT2D eigenvalue weighted by atomic mass is 10.0. The minimum absolute atomic E-state index is 0.752. The lowest BCUT2D eigenvalue weighted by molar-refractivity contribution is 0.145. The average Bonchev–Trinajstić information content (AvgIpc) is 3.25. The normalized spacial score (nSPS) is 15.4. The molecular formula is C26H28N2O2S. The van der Waals surface area contributed by atoms with Crippen LogP contribution in [0.2, 0.25) is 0 Å². The fourth-order valence-electron chi connectivity index (χ4n) is 3.97. The van der Waals surface area contributed by atoms with Gasteiger partial charge < -0.3 is 9.64 Å². The molecule has 0 aliphatic carbocycles. The number of piperazine rings is 1. The maximum atomic E-state index is 11.6. The van der Waals surface area contributed by atoms with E-state index in [1.165, 1.54) is 15.6 Å². The zero-order chi connectivity index (χ0) is 21.5. The summed E-state index contributed by atoms with van der Waals surface area (Å²) in [6.45, 7) is 6.03. The second-order valence-corrected chi connectivity index (χ2v) is 8.71. The zero-order valence-corrected chi connectivity index (χ0v) is 18.7. The molecule has 1 fully saturated rings. The Hall–Kier alpha value is -2.69. The van der Waals surface area contributed by atoms with Crippen molar-refractivity contribution in [3.63, 3.8) is 0 Å². The maximum absolute atomic E-state index is 11.6. The van der Waals surface area contributed by atoms with Crippen LogP contribution in [0, 0.1) is 0 Å². The Bertz CT molecular complexity index is 1070.